The maximum absolute atomic E-state index is 13.4. The van der Waals surface area contributed by atoms with Crippen LogP contribution in [0.25, 0.3) is 45.1 Å². The highest BCUT2D eigenvalue weighted by atomic mass is 19.1. The lowest BCUT2D eigenvalue weighted by molar-refractivity contribution is 0.0990. The maximum Gasteiger partial charge on any atom is 0.246 e. The van der Waals surface area contributed by atoms with Gasteiger partial charge >= 0.3 is 0 Å². The molecule has 0 spiro atoms. The summed E-state index contributed by atoms with van der Waals surface area (Å²) in [5, 5.41) is 1.81. The molecule has 1 aliphatic rings. The van der Waals surface area contributed by atoms with E-state index in [2.05, 4.69) is 4.98 Å². The number of hydrogen-bond donors (Lipinski definition) is 0. The second-order valence-corrected chi connectivity index (χ2v) is 8.91. The highest BCUT2D eigenvalue weighted by Crippen LogP contribution is 2.34. The highest BCUT2D eigenvalue weighted by Gasteiger charge is 2.34. The SMILES string of the molecule is O=C1C(=Cc2nc3oc(-c4ccc(F)cc4)cc3n2-c2ccccc2)C(=O)c2cc3ccccc3cc21. The number of carbonyl (C=O) groups excluding carboxylic acids is 2. The van der Waals surface area contributed by atoms with Gasteiger partial charge in [-0.15, -0.1) is 0 Å². The van der Waals surface area contributed by atoms with E-state index < -0.39 is 0 Å². The zero-order valence-electron chi connectivity index (χ0n) is 19.3. The van der Waals surface area contributed by atoms with Crippen molar-refractivity contribution >= 4 is 39.6 Å². The number of fused-ring (bicyclic) bond motifs is 3. The van der Waals surface area contributed by atoms with Crippen LogP contribution in [0.1, 0.15) is 26.5 Å². The Morgan fingerprint density at radius 2 is 1.38 bits per heavy atom. The van der Waals surface area contributed by atoms with Crippen LogP contribution in [0.3, 0.4) is 0 Å². The summed E-state index contributed by atoms with van der Waals surface area (Å²) < 4.78 is 21.3. The van der Waals surface area contributed by atoms with Crippen molar-refractivity contribution in [3.63, 3.8) is 0 Å². The number of para-hydroxylation sites is 1. The van der Waals surface area contributed by atoms with Crippen molar-refractivity contribution in [3.8, 4) is 17.0 Å². The number of benzene rings is 4. The van der Waals surface area contributed by atoms with Crippen LogP contribution in [0.15, 0.2) is 107 Å². The Hall–Kier alpha value is -5.10. The largest absolute Gasteiger partial charge is 0.436 e. The molecule has 2 heterocycles. The normalized spacial score (nSPS) is 13.1. The Morgan fingerprint density at radius 1 is 0.757 bits per heavy atom. The van der Waals surface area contributed by atoms with E-state index in [1.54, 1.807) is 24.3 Å². The average molecular weight is 484 g/mol. The summed E-state index contributed by atoms with van der Waals surface area (Å²) in [5.74, 6) is -0.0392. The molecule has 2 aromatic heterocycles. The minimum atomic E-state index is -0.333. The molecule has 0 bridgehead atoms. The molecule has 0 amide bonds. The van der Waals surface area contributed by atoms with E-state index in [0.717, 1.165) is 16.5 Å². The summed E-state index contributed by atoms with van der Waals surface area (Å²) in [7, 11) is 0. The summed E-state index contributed by atoms with van der Waals surface area (Å²) in [6.07, 6.45) is 1.54. The van der Waals surface area contributed by atoms with Gasteiger partial charge in [-0.3, -0.25) is 14.2 Å². The molecule has 5 nitrogen and oxygen atoms in total. The van der Waals surface area contributed by atoms with Gasteiger partial charge in [-0.2, -0.15) is 4.98 Å². The molecule has 6 heteroatoms. The third kappa shape index (κ3) is 3.34. The molecule has 0 aliphatic heterocycles. The number of Topliss-reactive ketones (excluding diaryl/α,β-unsaturated/α-hetero) is 2. The number of carbonyl (C=O) groups is 2. The molecule has 4 aromatic carbocycles. The van der Waals surface area contributed by atoms with Crippen molar-refractivity contribution in [1.82, 2.24) is 9.55 Å². The Labute approximate surface area is 210 Å². The summed E-state index contributed by atoms with van der Waals surface area (Å²) in [4.78, 5) is 31.3. The smallest absolute Gasteiger partial charge is 0.246 e. The number of rotatable bonds is 3. The predicted octanol–water partition coefficient (Wildman–Crippen LogP) is 7.04. The van der Waals surface area contributed by atoms with Crippen LogP contribution < -0.4 is 0 Å². The topological polar surface area (TPSA) is 65.1 Å². The van der Waals surface area contributed by atoms with E-state index >= 15 is 0 Å². The van der Waals surface area contributed by atoms with Crippen LogP contribution in [-0.2, 0) is 0 Å². The molecular formula is C31H17FN2O3. The molecule has 0 atom stereocenters. The van der Waals surface area contributed by atoms with Crippen molar-refractivity contribution in [1.29, 1.82) is 0 Å². The number of furan rings is 1. The number of ketones is 2. The van der Waals surface area contributed by atoms with Gasteiger partial charge in [0.05, 0.1) is 5.57 Å². The van der Waals surface area contributed by atoms with E-state index in [9.17, 15) is 14.0 Å². The number of allylic oxidation sites excluding steroid dienone is 1. The molecule has 1 aliphatic carbocycles. The number of aromatic nitrogens is 2. The van der Waals surface area contributed by atoms with Gasteiger partial charge in [0.25, 0.3) is 0 Å². The van der Waals surface area contributed by atoms with Crippen molar-refractivity contribution in [2.45, 2.75) is 0 Å². The van der Waals surface area contributed by atoms with Crippen LogP contribution in [0.5, 0.6) is 0 Å². The predicted molar refractivity (Wildman–Crippen MR) is 139 cm³/mol. The fourth-order valence-electron chi connectivity index (χ4n) is 4.86. The lowest BCUT2D eigenvalue weighted by Crippen LogP contribution is -2.03. The molecule has 176 valence electrons. The van der Waals surface area contributed by atoms with Crippen LogP contribution >= 0.6 is 0 Å². The number of nitrogens with zero attached hydrogens (tertiary/aromatic N) is 2. The fourth-order valence-corrected chi connectivity index (χ4v) is 4.86. The zero-order chi connectivity index (χ0) is 25.1. The van der Waals surface area contributed by atoms with Crippen LogP contribution in [0.2, 0.25) is 0 Å². The Balaban J connectivity index is 1.39. The molecule has 7 rings (SSSR count). The number of halogens is 1. The summed E-state index contributed by atoms with van der Waals surface area (Å²) >= 11 is 0. The van der Waals surface area contributed by atoms with Gasteiger partial charge in [-0.25, -0.2) is 4.39 Å². The first-order chi connectivity index (χ1) is 18.1. The second-order valence-electron chi connectivity index (χ2n) is 8.91. The zero-order valence-corrected chi connectivity index (χ0v) is 19.3. The maximum atomic E-state index is 13.4. The van der Waals surface area contributed by atoms with E-state index in [4.69, 9.17) is 4.42 Å². The lowest BCUT2D eigenvalue weighted by Gasteiger charge is -2.06. The summed E-state index contributed by atoms with van der Waals surface area (Å²) in [5.41, 5.74) is 3.38. The first kappa shape index (κ1) is 21.2. The van der Waals surface area contributed by atoms with E-state index in [1.807, 2.05) is 65.2 Å². The Morgan fingerprint density at radius 3 is 2.03 bits per heavy atom. The van der Waals surface area contributed by atoms with Crippen molar-refractivity contribution < 1.29 is 18.4 Å². The number of hydrogen-bond acceptors (Lipinski definition) is 4. The minimum absolute atomic E-state index is 0.0638. The average Bonchev–Trinajstić information content (AvgIpc) is 3.55. The van der Waals surface area contributed by atoms with Crippen LogP contribution in [0, 0.1) is 5.82 Å². The van der Waals surface area contributed by atoms with Crippen LogP contribution in [0.4, 0.5) is 4.39 Å². The van der Waals surface area contributed by atoms with Gasteiger partial charge in [0.1, 0.15) is 22.9 Å². The second kappa shape index (κ2) is 7.96. The Bertz CT molecular complexity index is 1860. The van der Waals surface area contributed by atoms with Gasteiger partial charge in [0.2, 0.25) is 5.71 Å². The van der Waals surface area contributed by atoms with Crippen LogP contribution in [-0.4, -0.2) is 21.1 Å². The van der Waals surface area contributed by atoms with Crippen molar-refractivity contribution in [3.05, 3.63) is 125 Å². The third-order valence-corrected chi connectivity index (χ3v) is 6.66. The fraction of sp³-hybridized carbons (Fsp3) is 0. The third-order valence-electron chi connectivity index (χ3n) is 6.66. The van der Waals surface area contributed by atoms with Gasteiger partial charge in [0, 0.05) is 28.4 Å². The molecular weight excluding hydrogens is 467 g/mol. The quantitative estimate of drug-likeness (QED) is 0.200. The van der Waals surface area contributed by atoms with Crippen molar-refractivity contribution in [2.75, 3.05) is 0 Å². The van der Waals surface area contributed by atoms with Gasteiger partial charge in [-0.1, -0.05) is 42.5 Å². The lowest BCUT2D eigenvalue weighted by atomic mass is 10.0. The van der Waals surface area contributed by atoms with E-state index in [1.165, 1.54) is 18.2 Å². The molecule has 6 aromatic rings. The van der Waals surface area contributed by atoms with Crippen molar-refractivity contribution in [2.24, 2.45) is 0 Å². The van der Waals surface area contributed by atoms with E-state index in [0.29, 0.717) is 39.5 Å². The Kier molecular flexibility index (Phi) is 4.56. The van der Waals surface area contributed by atoms with Gasteiger partial charge in [0.15, 0.2) is 11.6 Å². The molecule has 0 saturated heterocycles. The monoisotopic (exact) mass is 484 g/mol. The van der Waals surface area contributed by atoms with Gasteiger partial charge in [-0.05, 0) is 65.4 Å². The molecule has 37 heavy (non-hydrogen) atoms. The summed E-state index contributed by atoms with van der Waals surface area (Å²) in [6.45, 7) is 0. The summed E-state index contributed by atoms with van der Waals surface area (Å²) in [6, 6.07) is 28.5. The molecule has 0 radical (unpaired) electrons. The minimum Gasteiger partial charge on any atom is -0.436 e. The molecule has 0 fully saturated rings. The molecule has 0 saturated carbocycles. The first-order valence-electron chi connectivity index (χ1n) is 11.7. The standard InChI is InChI=1S/C31H17FN2O3/c32-21-12-10-18(11-13-21)27-17-26-31(37-27)33-28(34(26)22-8-2-1-3-9-22)16-25-29(35)23-14-19-6-4-5-7-20(19)15-24(23)30(25)36/h1-17H. The van der Waals surface area contributed by atoms with Gasteiger partial charge < -0.3 is 4.42 Å². The molecule has 0 unspecified atom stereocenters. The number of imidazole rings is 1. The molecule has 0 N–H and O–H groups in total. The highest BCUT2D eigenvalue weighted by molar-refractivity contribution is 6.42. The van der Waals surface area contributed by atoms with E-state index in [-0.39, 0.29) is 23.0 Å². The first-order valence-corrected chi connectivity index (χ1v) is 11.7.